The highest BCUT2D eigenvalue weighted by Crippen LogP contribution is 2.42. The summed E-state index contributed by atoms with van der Waals surface area (Å²) in [6.45, 7) is 7.76. The van der Waals surface area contributed by atoms with Crippen molar-refractivity contribution in [1.82, 2.24) is 24.3 Å². The molecule has 8 nitrogen and oxygen atoms in total. The molecule has 0 atom stereocenters. The van der Waals surface area contributed by atoms with E-state index in [1.54, 1.807) is 43.2 Å². The summed E-state index contributed by atoms with van der Waals surface area (Å²) in [5.74, 6) is -0.113. The molecule has 32 heavy (non-hydrogen) atoms. The van der Waals surface area contributed by atoms with E-state index in [2.05, 4.69) is 38.7 Å². The number of carbonyl (C=O) groups is 1. The normalized spacial score (nSPS) is 17.2. The van der Waals surface area contributed by atoms with Crippen molar-refractivity contribution in [3.63, 3.8) is 0 Å². The lowest BCUT2D eigenvalue weighted by Crippen LogP contribution is -2.71. The number of halogens is 1. The zero-order chi connectivity index (χ0) is 22.6. The number of hydrogen-bond donors (Lipinski definition) is 1. The average Bonchev–Trinajstić information content (AvgIpc) is 3.07. The second kappa shape index (κ2) is 7.30. The van der Waals surface area contributed by atoms with Crippen molar-refractivity contribution in [2.45, 2.75) is 0 Å². The lowest BCUT2D eigenvalue weighted by Gasteiger charge is -2.60. The molecular formula is C23H26FN7O. The van der Waals surface area contributed by atoms with Gasteiger partial charge in [-0.15, -0.1) is 0 Å². The van der Waals surface area contributed by atoms with E-state index in [1.165, 1.54) is 11.0 Å². The first kappa shape index (κ1) is 20.4. The van der Waals surface area contributed by atoms with Crippen LogP contribution in [0.3, 0.4) is 0 Å². The second-order valence-electron chi connectivity index (χ2n) is 9.07. The van der Waals surface area contributed by atoms with Crippen LogP contribution >= 0.6 is 0 Å². The maximum absolute atomic E-state index is 14.8. The van der Waals surface area contributed by atoms with Gasteiger partial charge in [0.05, 0.1) is 5.69 Å². The molecule has 1 N–H and O–H groups in total. The molecule has 1 amide bonds. The Labute approximate surface area is 185 Å². The van der Waals surface area contributed by atoms with Gasteiger partial charge in [-0.05, 0) is 31.3 Å². The molecular weight excluding hydrogens is 409 g/mol. The Hall–Kier alpha value is -3.46. The van der Waals surface area contributed by atoms with Gasteiger partial charge in [0.1, 0.15) is 17.2 Å². The van der Waals surface area contributed by atoms with Crippen molar-refractivity contribution >= 4 is 40.5 Å². The van der Waals surface area contributed by atoms with Gasteiger partial charge in [0.25, 0.3) is 5.91 Å². The van der Waals surface area contributed by atoms with E-state index in [-0.39, 0.29) is 11.7 Å². The van der Waals surface area contributed by atoms with E-state index >= 15 is 0 Å². The Bertz CT molecular complexity index is 1220. The maximum Gasteiger partial charge on any atom is 0.270 e. The summed E-state index contributed by atoms with van der Waals surface area (Å²) in [7, 11) is 5.49. The predicted octanol–water partition coefficient (Wildman–Crippen LogP) is 2.87. The number of nitrogens with zero attached hydrogens (tertiary/aromatic N) is 6. The first-order chi connectivity index (χ1) is 15.3. The van der Waals surface area contributed by atoms with E-state index in [4.69, 9.17) is 0 Å². The fourth-order valence-corrected chi connectivity index (χ4v) is 4.85. The zero-order valence-electron chi connectivity index (χ0n) is 18.5. The van der Waals surface area contributed by atoms with E-state index in [0.717, 1.165) is 31.6 Å². The van der Waals surface area contributed by atoms with Crippen molar-refractivity contribution in [3.05, 3.63) is 48.6 Å². The van der Waals surface area contributed by atoms with Gasteiger partial charge in [0, 0.05) is 69.2 Å². The third kappa shape index (κ3) is 3.29. The highest BCUT2D eigenvalue weighted by molar-refractivity contribution is 5.98. The van der Waals surface area contributed by atoms with Crippen LogP contribution in [-0.2, 0) is 0 Å². The minimum atomic E-state index is -0.271. The topological polar surface area (TPSA) is 69.5 Å². The minimum absolute atomic E-state index is 0.156. The van der Waals surface area contributed by atoms with Crippen LogP contribution < -0.4 is 10.2 Å². The van der Waals surface area contributed by atoms with Crippen molar-refractivity contribution in [3.8, 4) is 0 Å². The van der Waals surface area contributed by atoms with Gasteiger partial charge in [0.15, 0.2) is 0 Å². The van der Waals surface area contributed by atoms with Crippen LogP contribution in [0.25, 0.3) is 17.2 Å². The Morgan fingerprint density at radius 2 is 2.00 bits per heavy atom. The molecule has 2 fully saturated rings. The van der Waals surface area contributed by atoms with Gasteiger partial charge in [-0.1, -0.05) is 6.58 Å². The lowest BCUT2D eigenvalue weighted by molar-refractivity contribution is -0.00270. The zero-order valence-corrected chi connectivity index (χ0v) is 18.5. The number of amides is 1. The van der Waals surface area contributed by atoms with Crippen LogP contribution in [0.1, 0.15) is 10.5 Å². The highest BCUT2D eigenvalue weighted by Gasteiger charge is 2.50. The summed E-state index contributed by atoms with van der Waals surface area (Å²) in [5, 5.41) is 3.78. The molecule has 2 aromatic heterocycles. The molecule has 2 aliphatic heterocycles. The molecule has 0 radical (unpaired) electrons. The SMILES string of the molecule is C=Cn1c(C(=O)N(C)C)cc2cnc(Nc3ccc(N4CC5(CN(C)C5)C4)c(F)c3)nc21. The first-order valence-corrected chi connectivity index (χ1v) is 10.5. The first-order valence-electron chi connectivity index (χ1n) is 10.5. The third-order valence-electron chi connectivity index (χ3n) is 6.19. The molecule has 0 aliphatic carbocycles. The van der Waals surface area contributed by atoms with Gasteiger partial charge in [-0.25, -0.2) is 9.37 Å². The van der Waals surface area contributed by atoms with Crippen LogP contribution in [0.15, 0.2) is 37.0 Å². The summed E-state index contributed by atoms with van der Waals surface area (Å²) in [6.07, 6.45) is 3.18. The third-order valence-corrected chi connectivity index (χ3v) is 6.19. The monoisotopic (exact) mass is 435 g/mol. The van der Waals surface area contributed by atoms with Crippen molar-refractivity contribution in [2.75, 3.05) is 57.5 Å². The standard InChI is InChI=1S/C23H26FN7O/c1-5-31-19(21(32)28(2)3)8-15-10-25-22(27-20(15)31)26-16-6-7-18(17(24)9-16)30-13-23(14-30)11-29(4)12-23/h5-10H,1,11-14H2,2-4H3,(H,25,26,27). The smallest absolute Gasteiger partial charge is 0.270 e. The van der Waals surface area contributed by atoms with Crippen molar-refractivity contribution in [1.29, 1.82) is 0 Å². The highest BCUT2D eigenvalue weighted by atomic mass is 19.1. The molecule has 1 spiro atoms. The van der Waals surface area contributed by atoms with Crippen LogP contribution in [0.4, 0.5) is 21.7 Å². The molecule has 4 heterocycles. The maximum atomic E-state index is 14.8. The van der Waals surface area contributed by atoms with Gasteiger partial charge in [-0.3, -0.25) is 9.36 Å². The van der Waals surface area contributed by atoms with Crippen LogP contribution in [0, 0.1) is 11.2 Å². The molecule has 166 valence electrons. The number of rotatable bonds is 5. The molecule has 9 heteroatoms. The summed E-state index contributed by atoms with van der Waals surface area (Å²) in [6, 6.07) is 6.83. The van der Waals surface area contributed by atoms with Gasteiger partial charge in [-0.2, -0.15) is 4.98 Å². The predicted molar refractivity (Wildman–Crippen MR) is 124 cm³/mol. The molecule has 2 saturated heterocycles. The Kier molecular flexibility index (Phi) is 4.67. The number of carbonyl (C=O) groups excluding carboxylic acids is 1. The summed E-state index contributed by atoms with van der Waals surface area (Å²) < 4.78 is 16.5. The van der Waals surface area contributed by atoms with Crippen LogP contribution in [0.2, 0.25) is 0 Å². The van der Waals surface area contributed by atoms with Gasteiger partial charge in [0.2, 0.25) is 5.95 Å². The van der Waals surface area contributed by atoms with E-state index in [0.29, 0.717) is 34.1 Å². The summed E-state index contributed by atoms with van der Waals surface area (Å²) >= 11 is 0. The fourth-order valence-electron chi connectivity index (χ4n) is 4.85. The number of aromatic nitrogens is 3. The molecule has 0 unspecified atom stereocenters. The Morgan fingerprint density at radius 3 is 2.62 bits per heavy atom. The van der Waals surface area contributed by atoms with Crippen molar-refractivity contribution in [2.24, 2.45) is 5.41 Å². The Balaban J connectivity index is 1.36. The quantitative estimate of drug-likeness (QED) is 0.665. The van der Waals surface area contributed by atoms with Crippen LogP contribution in [-0.4, -0.2) is 77.6 Å². The van der Waals surface area contributed by atoms with Gasteiger partial charge >= 0.3 is 0 Å². The number of anilines is 3. The van der Waals surface area contributed by atoms with E-state index in [9.17, 15) is 9.18 Å². The summed E-state index contributed by atoms with van der Waals surface area (Å²) in [4.78, 5) is 27.2. The lowest BCUT2D eigenvalue weighted by atomic mass is 9.73. The van der Waals surface area contributed by atoms with E-state index in [1.807, 2.05) is 6.07 Å². The van der Waals surface area contributed by atoms with Crippen LogP contribution in [0.5, 0.6) is 0 Å². The largest absolute Gasteiger partial charge is 0.368 e. The van der Waals surface area contributed by atoms with E-state index < -0.39 is 0 Å². The second-order valence-corrected chi connectivity index (χ2v) is 9.07. The fraction of sp³-hybridized carbons (Fsp3) is 0.348. The number of likely N-dealkylation sites (tertiary alicyclic amines) is 1. The molecule has 0 saturated carbocycles. The molecule has 3 aromatic rings. The molecule has 5 rings (SSSR count). The number of nitrogens with one attached hydrogen (secondary N) is 1. The molecule has 1 aromatic carbocycles. The summed E-state index contributed by atoms with van der Waals surface area (Å²) in [5.41, 5.74) is 2.53. The number of benzene rings is 1. The van der Waals surface area contributed by atoms with Crippen molar-refractivity contribution < 1.29 is 9.18 Å². The minimum Gasteiger partial charge on any atom is -0.368 e. The number of hydrogen-bond acceptors (Lipinski definition) is 6. The Morgan fingerprint density at radius 1 is 1.25 bits per heavy atom. The van der Waals surface area contributed by atoms with Gasteiger partial charge < -0.3 is 20.0 Å². The molecule has 2 aliphatic rings. The number of fused-ring (bicyclic) bond motifs is 1. The molecule has 0 bridgehead atoms. The average molecular weight is 436 g/mol.